The topological polar surface area (TPSA) is 75.6 Å². The van der Waals surface area contributed by atoms with Crippen LogP contribution in [0.4, 0.5) is 4.79 Å². The second kappa shape index (κ2) is 2.40. The van der Waals surface area contributed by atoms with Gasteiger partial charge in [-0.2, -0.15) is 0 Å². The van der Waals surface area contributed by atoms with E-state index in [0.29, 0.717) is 12.8 Å². The molecular formula is C9H13NO4. The Kier molecular flexibility index (Phi) is 1.60. The minimum Gasteiger partial charge on any atom is -0.481 e. The van der Waals surface area contributed by atoms with Gasteiger partial charge in [0.25, 0.3) is 0 Å². The van der Waals surface area contributed by atoms with E-state index < -0.39 is 17.5 Å². The lowest BCUT2D eigenvalue weighted by Gasteiger charge is -2.72. The van der Waals surface area contributed by atoms with Gasteiger partial charge in [0.05, 0.1) is 12.5 Å². The van der Waals surface area contributed by atoms with Crippen molar-refractivity contribution in [1.29, 1.82) is 0 Å². The lowest BCUT2D eigenvalue weighted by molar-refractivity contribution is -0.230. The van der Waals surface area contributed by atoms with Crippen LogP contribution in [0.1, 0.15) is 19.8 Å². The number of methoxy groups -OCH3 is 1. The van der Waals surface area contributed by atoms with E-state index in [0.717, 1.165) is 0 Å². The van der Waals surface area contributed by atoms with Crippen molar-refractivity contribution in [3.63, 3.8) is 0 Å². The van der Waals surface area contributed by atoms with Gasteiger partial charge in [-0.25, -0.2) is 4.79 Å². The zero-order valence-corrected chi connectivity index (χ0v) is 8.16. The first-order valence-electron chi connectivity index (χ1n) is 4.56. The number of carbonyl (C=O) groups is 2. The second-order valence-electron chi connectivity index (χ2n) is 4.31. The molecule has 3 saturated carbocycles. The quantitative estimate of drug-likeness (QED) is 0.682. The van der Waals surface area contributed by atoms with E-state index in [1.54, 1.807) is 0 Å². The summed E-state index contributed by atoms with van der Waals surface area (Å²) in [5, 5.41) is 11.7. The van der Waals surface area contributed by atoms with Crippen LogP contribution in [0.15, 0.2) is 0 Å². The Labute approximate surface area is 81.4 Å². The summed E-state index contributed by atoms with van der Waals surface area (Å²) >= 11 is 0. The van der Waals surface area contributed by atoms with E-state index >= 15 is 0 Å². The van der Waals surface area contributed by atoms with Crippen molar-refractivity contribution < 1.29 is 19.4 Å². The zero-order valence-electron chi connectivity index (χ0n) is 8.16. The SMILES string of the molecule is COC(=O)NC12CC(C(=O)O)(C1)C2C. The Morgan fingerprint density at radius 1 is 1.50 bits per heavy atom. The highest BCUT2D eigenvalue weighted by Gasteiger charge is 2.78. The molecule has 2 bridgehead atoms. The monoisotopic (exact) mass is 199 g/mol. The van der Waals surface area contributed by atoms with Gasteiger partial charge in [-0.3, -0.25) is 4.79 Å². The molecular weight excluding hydrogens is 186 g/mol. The molecule has 3 rings (SSSR count). The lowest BCUT2D eigenvalue weighted by atomic mass is 9.33. The van der Waals surface area contributed by atoms with Crippen LogP contribution in [-0.4, -0.2) is 29.8 Å². The maximum Gasteiger partial charge on any atom is 0.407 e. The molecule has 5 nitrogen and oxygen atoms in total. The summed E-state index contributed by atoms with van der Waals surface area (Å²) in [7, 11) is 1.30. The molecule has 1 atom stereocenters. The van der Waals surface area contributed by atoms with E-state index in [-0.39, 0.29) is 11.5 Å². The van der Waals surface area contributed by atoms with E-state index in [1.807, 2.05) is 6.92 Å². The summed E-state index contributed by atoms with van der Waals surface area (Å²) in [6, 6.07) is 0. The van der Waals surface area contributed by atoms with Gasteiger partial charge in [0.15, 0.2) is 0 Å². The first-order chi connectivity index (χ1) is 6.47. The van der Waals surface area contributed by atoms with Gasteiger partial charge < -0.3 is 15.2 Å². The van der Waals surface area contributed by atoms with Crippen molar-refractivity contribution in [2.24, 2.45) is 11.3 Å². The molecule has 0 aromatic heterocycles. The fraction of sp³-hybridized carbons (Fsp3) is 0.778. The average molecular weight is 199 g/mol. The van der Waals surface area contributed by atoms with E-state index in [9.17, 15) is 9.59 Å². The third-order valence-corrected chi connectivity index (χ3v) is 3.88. The normalized spacial score (nSPS) is 43.1. The number of amides is 1. The minimum absolute atomic E-state index is 0.00611. The number of nitrogens with one attached hydrogen (secondary N) is 1. The molecule has 3 aliphatic rings. The predicted molar refractivity (Wildman–Crippen MR) is 46.7 cm³/mol. The number of hydrogen-bond donors (Lipinski definition) is 2. The molecule has 3 fully saturated rings. The number of carboxylic acid groups (broad SMARTS) is 1. The number of rotatable bonds is 2. The fourth-order valence-electron chi connectivity index (χ4n) is 2.74. The molecule has 3 aliphatic carbocycles. The maximum absolute atomic E-state index is 11.0. The number of aliphatic carboxylic acids is 1. The van der Waals surface area contributed by atoms with Gasteiger partial charge in [0, 0.05) is 5.54 Å². The molecule has 0 spiro atoms. The van der Waals surface area contributed by atoms with Crippen molar-refractivity contribution >= 4 is 12.1 Å². The van der Waals surface area contributed by atoms with Gasteiger partial charge in [-0.1, -0.05) is 6.92 Å². The number of hydrogen-bond acceptors (Lipinski definition) is 3. The molecule has 0 aromatic carbocycles. The van der Waals surface area contributed by atoms with Crippen molar-refractivity contribution in [3.05, 3.63) is 0 Å². The Hall–Kier alpha value is -1.26. The van der Waals surface area contributed by atoms with Crippen molar-refractivity contribution in [1.82, 2.24) is 5.32 Å². The number of ether oxygens (including phenoxy) is 1. The van der Waals surface area contributed by atoms with E-state index in [1.165, 1.54) is 7.11 Å². The van der Waals surface area contributed by atoms with Crippen LogP contribution >= 0.6 is 0 Å². The maximum atomic E-state index is 11.0. The Balaban J connectivity index is 2.01. The fourth-order valence-corrected chi connectivity index (χ4v) is 2.74. The summed E-state index contributed by atoms with van der Waals surface area (Å²) in [5.74, 6) is -0.745. The van der Waals surface area contributed by atoms with Gasteiger partial charge in [0.1, 0.15) is 0 Å². The average Bonchev–Trinajstić information content (AvgIpc) is 2.09. The molecule has 1 unspecified atom stereocenters. The molecule has 5 heteroatoms. The van der Waals surface area contributed by atoms with E-state index in [2.05, 4.69) is 10.1 Å². The number of carboxylic acids is 1. The minimum atomic E-state index is -0.751. The zero-order chi connectivity index (χ0) is 10.6. The molecule has 1 amide bonds. The highest BCUT2D eigenvalue weighted by molar-refractivity contribution is 5.82. The van der Waals surface area contributed by atoms with Crippen LogP contribution in [0.3, 0.4) is 0 Å². The van der Waals surface area contributed by atoms with Crippen LogP contribution in [0.25, 0.3) is 0 Å². The molecule has 0 aliphatic heterocycles. The molecule has 78 valence electrons. The van der Waals surface area contributed by atoms with Gasteiger partial charge in [0.2, 0.25) is 0 Å². The van der Waals surface area contributed by atoms with Crippen molar-refractivity contribution in [2.45, 2.75) is 25.3 Å². The van der Waals surface area contributed by atoms with Crippen LogP contribution in [0.5, 0.6) is 0 Å². The highest BCUT2D eigenvalue weighted by Crippen LogP contribution is 2.71. The lowest BCUT2D eigenvalue weighted by Crippen LogP contribution is -2.83. The second-order valence-corrected chi connectivity index (χ2v) is 4.31. The summed E-state index contributed by atoms with van der Waals surface area (Å²) < 4.78 is 4.49. The van der Waals surface area contributed by atoms with E-state index in [4.69, 9.17) is 5.11 Å². The van der Waals surface area contributed by atoms with Gasteiger partial charge >= 0.3 is 12.1 Å². The number of alkyl carbamates (subject to hydrolysis) is 1. The molecule has 0 saturated heterocycles. The summed E-state index contributed by atoms with van der Waals surface area (Å²) in [6.07, 6.45) is 0.590. The first-order valence-corrected chi connectivity index (χ1v) is 4.56. The molecule has 0 heterocycles. The van der Waals surface area contributed by atoms with Crippen molar-refractivity contribution in [2.75, 3.05) is 7.11 Å². The Bertz CT molecular complexity index is 306. The van der Waals surface area contributed by atoms with Crippen molar-refractivity contribution in [3.8, 4) is 0 Å². The third-order valence-electron chi connectivity index (χ3n) is 3.88. The summed E-state index contributed by atoms with van der Waals surface area (Å²) in [4.78, 5) is 21.9. The summed E-state index contributed by atoms with van der Waals surface area (Å²) in [6.45, 7) is 1.86. The predicted octanol–water partition coefficient (Wildman–Crippen LogP) is 0.596. The van der Waals surface area contributed by atoms with Crippen LogP contribution in [-0.2, 0) is 9.53 Å². The van der Waals surface area contributed by atoms with Crippen LogP contribution in [0.2, 0.25) is 0 Å². The smallest absolute Gasteiger partial charge is 0.407 e. The standard InChI is InChI=1S/C9H13NO4/c1-5-8(6(11)12)3-9(5,4-8)10-7(13)14-2/h5H,3-4H2,1-2H3,(H,10,13)(H,11,12). The molecule has 0 aromatic rings. The van der Waals surface area contributed by atoms with Crippen LogP contribution < -0.4 is 5.32 Å². The van der Waals surface area contributed by atoms with Gasteiger partial charge in [-0.15, -0.1) is 0 Å². The van der Waals surface area contributed by atoms with Crippen LogP contribution in [0, 0.1) is 11.3 Å². The molecule has 14 heavy (non-hydrogen) atoms. The largest absolute Gasteiger partial charge is 0.481 e. The number of carbonyl (C=O) groups excluding carboxylic acids is 1. The third kappa shape index (κ3) is 0.798. The highest BCUT2D eigenvalue weighted by atomic mass is 16.5. The Morgan fingerprint density at radius 2 is 2.07 bits per heavy atom. The molecule has 0 radical (unpaired) electrons. The first kappa shape index (κ1) is 9.30. The summed E-state index contributed by atoms with van der Waals surface area (Å²) in [5.41, 5.74) is -0.896. The molecule has 2 N–H and O–H groups in total. The van der Waals surface area contributed by atoms with Gasteiger partial charge in [-0.05, 0) is 18.8 Å². The Morgan fingerprint density at radius 3 is 2.43 bits per heavy atom.